The molecule has 0 radical (unpaired) electrons. The monoisotopic (exact) mass is 216 g/mol. The molecular formula is C12H16N4. The lowest BCUT2D eigenvalue weighted by molar-refractivity contribution is 0.871. The molecule has 0 fully saturated rings. The molecule has 4 nitrogen and oxygen atoms in total. The molecule has 0 saturated carbocycles. The minimum Gasteiger partial charge on any atom is -0.395 e. The summed E-state index contributed by atoms with van der Waals surface area (Å²) in [5.74, 6) is 0.697. The van der Waals surface area contributed by atoms with Gasteiger partial charge in [0, 0.05) is 17.6 Å². The van der Waals surface area contributed by atoms with Crippen molar-refractivity contribution in [3.8, 4) is 0 Å². The minimum atomic E-state index is 0.690. The van der Waals surface area contributed by atoms with Crippen LogP contribution in [0.15, 0.2) is 24.4 Å². The zero-order valence-electron chi connectivity index (χ0n) is 9.78. The Morgan fingerprint density at radius 3 is 2.38 bits per heavy atom. The number of anilines is 2. The van der Waals surface area contributed by atoms with Gasteiger partial charge in [-0.1, -0.05) is 0 Å². The van der Waals surface area contributed by atoms with Crippen LogP contribution in [0.5, 0.6) is 0 Å². The van der Waals surface area contributed by atoms with Gasteiger partial charge in [-0.05, 0) is 44.5 Å². The second-order valence-electron chi connectivity index (χ2n) is 3.95. The van der Waals surface area contributed by atoms with Crippen LogP contribution in [0.2, 0.25) is 0 Å². The molecule has 0 unspecified atom stereocenters. The van der Waals surface area contributed by atoms with Crippen molar-refractivity contribution in [1.82, 2.24) is 9.66 Å². The van der Waals surface area contributed by atoms with Crippen LogP contribution >= 0.6 is 0 Å². The molecule has 0 aliphatic heterocycles. The van der Waals surface area contributed by atoms with Crippen LogP contribution in [-0.2, 0) is 0 Å². The van der Waals surface area contributed by atoms with Crippen molar-refractivity contribution in [1.29, 1.82) is 0 Å². The lowest BCUT2D eigenvalue weighted by atomic mass is 10.2. The Kier molecular flexibility index (Phi) is 2.56. The van der Waals surface area contributed by atoms with E-state index in [1.54, 1.807) is 6.20 Å². The second kappa shape index (κ2) is 3.89. The van der Waals surface area contributed by atoms with E-state index in [-0.39, 0.29) is 0 Å². The molecule has 0 aliphatic carbocycles. The van der Waals surface area contributed by atoms with Crippen LogP contribution in [0.3, 0.4) is 0 Å². The predicted octanol–water partition coefficient (Wildman–Crippen LogP) is 2.27. The summed E-state index contributed by atoms with van der Waals surface area (Å²) in [5.41, 5.74) is 13.1. The first-order valence-corrected chi connectivity index (χ1v) is 5.22. The number of rotatable bonds is 2. The third-order valence-electron chi connectivity index (χ3n) is 2.70. The first-order chi connectivity index (χ1) is 7.59. The van der Waals surface area contributed by atoms with E-state index in [1.807, 2.05) is 43.6 Å². The standard InChI is InChI=1S/C12H16N4/c1-8-6-7-14-12(11(8)13)15-16-9(2)4-5-10(16)3/h4-7H,13H2,1-3H3,(H,14,15). The number of hydrogen-bond acceptors (Lipinski definition) is 3. The normalized spacial score (nSPS) is 10.4. The van der Waals surface area contributed by atoms with Gasteiger partial charge in [0.25, 0.3) is 0 Å². The maximum atomic E-state index is 5.96. The summed E-state index contributed by atoms with van der Waals surface area (Å²) >= 11 is 0. The summed E-state index contributed by atoms with van der Waals surface area (Å²) in [6.45, 7) is 6.04. The zero-order chi connectivity index (χ0) is 11.7. The summed E-state index contributed by atoms with van der Waals surface area (Å²) in [6.07, 6.45) is 1.75. The maximum Gasteiger partial charge on any atom is 0.168 e. The third kappa shape index (κ3) is 1.74. The molecule has 3 N–H and O–H groups in total. The van der Waals surface area contributed by atoms with Crippen LogP contribution < -0.4 is 11.2 Å². The van der Waals surface area contributed by atoms with Crippen molar-refractivity contribution in [3.63, 3.8) is 0 Å². The molecule has 0 spiro atoms. The topological polar surface area (TPSA) is 55.9 Å². The molecule has 2 rings (SSSR count). The molecular weight excluding hydrogens is 200 g/mol. The van der Waals surface area contributed by atoms with E-state index in [1.165, 1.54) is 0 Å². The predicted molar refractivity (Wildman–Crippen MR) is 66.3 cm³/mol. The van der Waals surface area contributed by atoms with Crippen LogP contribution in [0.25, 0.3) is 0 Å². The highest BCUT2D eigenvalue weighted by Crippen LogP contribution is 2.20. The average Bonchev–Trinajstić information content (AvgIpc) is 2.56. The number of pyridine rings is 1. The first kappa shape index (κ1) is 10.5. The number of hydrogen-bond donors (Lipinski definition) is 2. The Balaban J connectivity index is 2.38. The van der Waals surface area contributed by atoms with E-state index in [9.17, 15) is 0 Å². The Hall–Kier alpha value is -1.97. The van der Waals surface area contributed by atoms with Gasteiger partial charge >= 0.3 is 0 Å². The molecule has 0 aliphatic rings. The van der Waals surface area contributed by atoms with E-state index in [0.717, 1.165) is 17.0 Å². The summed E-state index contributed by atoms with van der Waals surface area (Å²) < 4.78 is 1.97. The smallest absolute Gasteiger partial charge is 0.168 e. The highest BCUT2D eigenvalue weighted by Gasteiger charge is 2.06. The lowest BCUT2D eigenvalue weighted by Gasteiger charge is -2.14. The summed E-state index contributed by atoms with van der Waals surface area (Å²) in [4.78, 5) is 4.24. The number of nitrogens with zero attached hydrogens (tertiary/aromatic N) is 2. The fourth-order valence-electron chi connectivity index (χ4n) is 1.61. The summed E-state index contributed by atoms with van der Waals surface area (Å²) in [5, 5.41) is 0. The number of nitrogens with two attached hydrogens (primary N) is 1. The van der Waals surface area contributed by atoms with Gasteiger partial charge in [0.05, 0.1) is 5.69 Å². The van der Waals surface area contributed by atoms with Gasteiger partial charge in [-0.3, -0.25) is 10.1 Å². The van der Waals surface area contributed by atoms with Crippen molar-refractivity contribution >= 4 is 11.5 Å². The molecule has 0 bridgehead atoms. The van der Waals surface area contributed by atoms with Crippen molar-refractivity contribution in [2.24, 2.45) is 0 Å². The largest absolute Gasteiger partial charge is 0.395 e. The van der Waals surface area contributed by atoms with E-state index in [4.69, 9.17) is 5.73 Å². The van der Waals surface area contributed by atoms with Gasteiger partial charge in [0.2, 0.25) is 0 Å². The summed E-state index contributed by atoms with van der Waals surface area (Å²) in [7, 11) is 0. The van der Waals surface area contributed by atoms with Gasteiger partial charge in [0.1, 0.15) is 0 Å². The quantitative estimate of drug-likeness (QED) is 0.809. The fourth-order valence-corrected chi connectivity index (χ4v) is 1.61. The molecule has 2 aromatic heterocycles. The molecule has 0 atom stereocenters. The van der Waals surface area contributed by atoms with Gasteiger partial charge in [0.15, 0.2) is 5.82 Å². The first-order valence-electron chi connectivity index (χ1n) is 5.22. The van der Waals surface area contributed by atoms with Crippen molar-refractivity contribution < 1.29 is 0 Å². The molecule has 0 aromatic carbocycles. The Morgan fingerprint density at radius 2 is 1.75 bits per heavy atom. The highest BCUT2D eigenvalue weighted by molar-refractivity contribution is 5.64. The van der Waals surface area contributed by atoms with E-state index in [0.29, 0.717) is 11.5 Å². The maximum absolute atomic E-state index is 5.96. The minimum absolute atomic E-state index is 0.690. The van der Waals surface area contributed by atoms with E-state index in [2.05, 4.69) is 10.4 Å². The van der Waals surface area contributed by atoms with Crippen LogP contribution in [0.1, 0.15) is 17.0 Å². The van der Waals surface area contributed by atoms with Gasteiger partial charge < -0.3 is 5.73 Å². The molecule has 16 heavy (non-hydrogen) atoms. The van der Waals surface area contributed by atoms with Gasteiger partial charge in [-0.2, -0.15) is 0 Å². The second-order valence-corrected chi connectivity index (χ2v) is 3.95. The van der Waals surface area contributed by atoms with Gasteiger partial charge in [-0.15, -0.1) is 0 Å². The number of aromatic nitrogens is 2. The highest BCUT2D eigenvalue weighted by atomic mass is 15.4. The van der Waals surface area contributed by atoms with Crippen molar-refractivity contribution in [2.45, 2.75) is 20.8 Å². The Labute approximate surface area is 95.1 Å². The average molecular weight is 216 g/mol. The van der Waals surface area contributed by atoms with E-state index >= 15 is 0 Å². The molecule has 84 valence electrons. The van der Waals surface area contributed by atoms with Crippen LogP contribution in [-0.4, -0.2) is 9.66 Å². The van der Waals surface area contributed by atoms with Crippen molar-refractivity contribution in [2.75, 3.05) is 11.2 Å². The lowest BCUT2D eigenvalue weighted by Crippen LogP contribution is -2.15. The van der Waals surface area contributed by atoms with Crippen molar-refractivity contribution in [3.05, 3.63) is 41.3 Å². The number of aryl methyl sites for hydroxylation is 3. The number of nitrogen functional groups attached to an aromatic ring is 1. The fraction of sp³-hybridized carbons (Fsp3) is 0.250. The van der Waals surface area contributed by atoms with E-state index < -0.39 is 0 Å². The van der Waals surface area contributed by atoms with Crippen LogP contribution in [0, 0.1) is 20.8 Å². The molecule has 0 amide bonds. The number of nitrogens with one attached hydrogen (secondary N) is 1. The zero-order valence-corrected chi connectivity index (χ0v) is 9.78. The molecule has 4 heteroatoms. The van der Waals surface area contributed by atoms with Gasteiger partial charge in [-0.25, -0.2) is 4.98 Å². The van der Waals surface area contributed by atoms with Crippen LogP contribution in [0.4, 0.5) is 11.5 Å². The Bertz CT molecular complexity index is 494. The molecule has 0 saturated heterocycles. The molecule has 2 aromatic rings. The third-order valence-corrected chi connectivity index (χ3v) is 2.70. The SMILES string of the molecule is Cc1ccnc(Nn2c(C)ccc2C)c1N. The molecule has 2 heterocycles. The summed E-state index contributed by atoms with van der Waals surface area (Å²) in [6, 6.07) is 6.00. The Morgan fingerprint density at radius 1 is 1.12 bits per heavy atom.